The molecule has 0 aliphatic carbocycles. The molecule has 0 saturated carbocycles. The van der Waals surface area contributed by atoms with Gasteiger partial charge in [0.05, 0.1) is 0 Å². The van der Waals surface area contributed by atoms with E-state index in [-0.39, 0.29) is 6.04 Å². The minimum Gasteiger partial charge on any atom is -0.327 e. The van der Waals surface area contributed by atoms with Crippen LogP contribution in [0.5, 0.6) is 0 Å². The minimum absolute atomic E-state index is 0.0272. The maximum atomic E-state index is 6.10. The Bertz CT molecular complexity index is 451. The third kappa shape index (κ3) is 3.10. The van der Waals surface area contributed by atoms with E-state index < -0.39 is 0 Å². The van der Waals surface area contributed by atoms with Crippen LogP contribution in [0.15, 0.2) is 30.7 Å². The van der Waals surface area contributed by atoms with Crippen molar-refractivity contribution in [3.63, 3.8) is 0 Å². The van der Waals surface area contributed by atoms with Crippen molar-refractivity contribution in [2.24, 2.45) is 5.73 Å². The molecule has 1 unspecified atom stereocenters. The van der Waals surface area contributed by atoms with Crippen molar-refractivity contribution in [1.82, 2.24) is 19.7 Å². The zero-order valence-corrected chi connectivity index (χ0v) is 9.95. The summed E-state index contributed by atoms with van der Waals surface area (Å²) in [5.41, 5.74) is 7.12. The topological polar surface area (TPSA) is 69.6 Å². The van der Waals surface area contributed by atoms with Crippen LogP contribution < -0.4 is 5.73 Å². The van der Waals surface area contributed by atoms with Gasteiger partial charge < -0.3 is 5.73 Å². The van der Waals surface area contributed by atoms with E-state index in [0.717, 1.165) is 30.9 Å². The van der Waals surface area contributed by atoms with Crippen molar-refractivity contribution in [1.29, 1.82) is 0 Å². The van der Waals surface area contributed by atoms with Gasteiger partial charge in [0.25, 0.3) is 0 Å². The first-order valence-electron chi connectivity index (χ1n) is 5.81. The average molecular weight is 231 g/mol. The van der Waals surface area contributed by atoms with Gasteiger partial charge in [0, 0.05) is 37.3 Å². The second-order valence-electron chi connectivity index (χ2n) is 3.98. The molecule has 0 saturated heterocycles. The number of hydrogen-bond acceptors (Lipinski definition) is 4. The molecule has 0 amide bonds. The number of hydrogen-bond donors (Lipinski definition) is 1. The zero-order valence-electron chi connectivity index (χ0n) is 9.95. The maximum absolute atomic E-state index is 6.10. The van der Waals surface area contributed by atoms with E-state index in [1.54, 1.807) is 12.5 Å². The lowest BCUT2D eigenvalue weighted by Crippen LogP contribution is -2.27. The third-order valence-electron chi connectivity index (χ3n) is 2.64. The molecule has 2 rings (SSSR count). The summed E-state index contributed by atoms with van der Waals surface area (Å²) in [6.07, 6.45) is 4.85. The van der Waals surface area contributed by atoms with E-state index in [1.807, 2.05) is 29.8 Å². The van der Waals surface area contributed by atoms with Crippen LogP contribution >= 0.6 is 0 Å². The molecule has 0 aliphatic rings. The summed E-state index contributed by atoms with van der Waals surface area (Å²) in [5, 5.41) is 4.13. The smallest absolute Gasteiger partial charge is 0.138 e. The second kappa shape index (κ2) is 5.54. The van der Waals surface area contributed by atoms with Crippen molar-refractivity contribution < 1.29 is 0 Å². The second-order valence-corrected chi connectivity index (χ2v) is 3.98. The van der Waals surface area contributed by atoms with Crippen LogP contribution in [-0.2, 0) is 19.4 Å². The highest BCUT2D eigenvalue weighted by atomic mass is 15.3. The summed E-state index contributed by atoms with van der Waals surface area (Å²) in [5.74, 6) is 0.941. The Morgan fingerprint density at radius 2 is 2.18 bits per heavy atom. The summed E-state index contributed by atoms with van der Waals surface area (Å²) >= 11 is 0. The van der Waals surface area contributed by atoms with Gasteiger partial charge in [-0.05, 0) is 19.1 Å². The van der Waals surface area contributed by atoms with Crippen molar-refractivity contribution in [2.45, 2.75) is 32.4 Å². The van der Waals surface area contributed by atoms with E-state index in [0.29, 0.717) is 0 Å². The molecule has 90 valence electrons. The Hall–Kier alpha value is -1.75. The van der Waals surface area contributed by atoms with Crippen molar-refractivity contribution >= 4 is 0 Å². The molecule has 0 aromatic carbocycles. The molecule has 2 aromatic heterocycles. The Balaban J connectivity index is 1.96. The number of nitrogens with two attached hydrogens (primary N) is 1. The molecule has 0 spiro atoms. The van der Waals surface area contributed by atoms with Crippen LogP contribution in [-0.4, -0.2) is 25.8 Å². The summed E-state index contributed by atoms with van der Waals surface area (Å²) in [6.45, 7) is 2.87. The van der Waals surface area contributed by atoms with Gasteiger partial charge in [-0.1, -0.05) is 6.07 Å². The molecular weight excluding hydrogens is 214 g/mol. The average Bonchev–Trinajstić information content (AvgIpc) is 2.77. The van der Waals surface area contributed by atoms with Gasteiger partial charge in [-0.2, -0.15) is 5.10 Å². The van der Waals surface area contributed by atoms with Crippen LogP contribution in [0, 0.1) is 0 Å². The van der Waals surface area contributed by atoms with E-state index >= 15 is 0 Å². The molecule has 2 aromatic rings. The van der Waals surface area contributed by atoms with Gasteiger partial charge in [0.1, 0.15) is 12.2 Å². The van der Waals surface area contributed by atoms with Crippen LogP contribution in [0.25, 0.3) is 0 Å². The molecule has 2 heterocycles. The number of aryl methyl sites for hydroxylation is 1. The van der Waals surface area contributed by atoms with Crippen molar-refractivity contribution in [3.8, 4) is 0 Å². The van der Waals surface area contributed by atoms with Crippen LogP contribution in [0.3, 0.4) is 0 Å². The lowest BCUT2D eigenvalue weighted by atomic mass is 10.1. The largest absolute Gasteiger partial charge is 0.327 e. The molecular formula is C12H17N5. The number of aromatic nitrogens is 4. The highest BCUT2D eigenvalue weighted by Crippen LogP contribution is 2.03. The fourth-order valence-corrected chi connectivity index (χ4v) is 1.80. The first kappa shape index (κ1) is 11.7. The third-order valence-corrected chi connectivity index (χ3v) is 2.64. The monoisotopic (exact) mass is 231 g/mol. The molecule has 0 bridgehead atoms. The molecule has 5 heteroatoms. The molecule has 5 nitrogen and oxygen atoms in total. The standard InChI is InChI=1S/C12H17N5/c1-2-17-12(15-9-16-17)8-10(13)7-11-5-3-4-6-14-11/h3-6,9-10H,2,7-8,13H2,1H3. The lowest BCUT2D eigenvalue weighted by Gasteiger charge is -2.10. The van der Waals surface area contributed by atoms with Crippen molar-refractivity contribution in [3.05, 3.63) is 42.2 Å². The van der Waals surface area contributed by atoms with E-state index in [1.165, 1.54) is 0 Å². The zero-order chi connectivity index (χ0) is 12.1. The Kier molecular flexibility index (Phi) is 3.82. The fourth-order valence-electron chi connectivity index (χ4n) is 1.80. The number of pyridine rings is 1. The van der Waals surface area contributed by atoms with Gasteiger partial charge in [0.2, 0.25) is 0 Å². The first-order valence-corrected chi connectivity index (χ1v) is 5.81. The highest BCUT2D eigenvalue weighted by molar-refractivity contribution is 5.06. The first-order chi connectivity index (χ1) is 8.29. The van der Waals surface area contributed by atoms with E-state index in [4.69, 9.17) is 5.73 Å². The van der Waals surface area contributed by atoms with Gasteiger partial charge in [-0.3, -0.25) is 9.67 Å². The van der Waals surface area contributed by atoms with Gasteiger partial charge >= 0.3 is 0 Å². The van der Waals surface area contributed by atoms with Crippen molar-refractivity contribution in [2.75, 3.05) is 0 Å². The summed E-state index contributed by atoms with van der Waals surface area (Å²) < 4.78 is 1.87. The number of nitrogens with zero attached hydrogens (tertiary/aromatic N) is 4. The number of rotatable bonds is 5. The Labute approximate surface area is 101 Å². The van der Waals surface area contributed by atoms with Crippen LogP contribution in [0.4, 0.5) is 0 Å². The molecule has 0 fully saturated rings. The molecule has 0 radical (unpaired) electrons. The molecule has 0 aliphatic heterocycles. The normalized spacial score (nSPS) is 12.6. The van der Waals surface area contributed by atoms with E-state index in [9.17, 15) is 0 Å². The van der Waals surface area contributed by atoms with Gasteiger partial charge in [-0.25, -0.2) is 4.98 Å². The lowest BCUT2D eigenvalue weighted by molar-refractivity contribution is 0.564. The van der Waals surface area contributed by atoms with Crippen LogP contribution in [0.2, 0.25) is 0 Å². The predicted octanol–water partition coefficient (Wildman–Crippen LogP) is 0.805. The van der Waals surface area contributed by atoms with E-state index in [2.05, 4.69) is 15.1 Å². The maximum Gasteiger partial charge on any atom is 0.138 e. The molecule has 1 atom stereocenters. The fraction of sp³-hybridized carbons (Fsp3) is 0.417. The highest BCUT2D eigenvalue weighted by Gasteiger charge is 2.10. The predicted molar refractivity (Wildman–Crippen MR) is 65.3 cm³/mol. The Morgan fingerprint density at radius 1 is 1.29 bits per heavy atom. The Morgan fingerprint density at radius 3 is 2.88 bits per heavy atom. The van der Waals surface area contributed by atoms with Gasteiger partial charge in [0.15, 0.2) is 0 Å². The van der Waals surface area contributed by atoms with Gasteiger partial charge in [-0.15, -0.1) is 0 Å². The summed E-state index contributed by atoms with van der Waals surface area (Å²) in [6, 6.07) is 5.90. The summed E-state index contributed by atoms with van der Waals surface area (Å²) in [4.78, 5) is 8.49. The quantitative estimate of drug-likeness (QED) is 0.826. The molecule has 2 N–H and O–H groups in total. The summed E-state index contributed by atoms with van der Waals surface area (Å²) in [7, 11) is 0. The SMILES string of the molecule is CCn1ncnc1CC(N)Cc1ccccn1. The van der Waals surface area contributed by atoms with Crippen LogP contribution in [0.1, 0.15) is 18.4 Å². The minimum atomic E-state index is 0.0272. The molecule has 17 heavy (non-hydrogen) atoms.